The van der Waals surface area contributed by atoms with Crippen LogP contribution in [0.25, 0.3) is 10.9 Å². The molecule has 6 heteroatoms. The van der Waals surface area contributed by atoms with Crippen molar-refractivity contribution in [3.8, 4) is 5.75 Å². The maximum absolute atomic E-state index is 13.5. The molecule has 0 spiro atoms. The van der Waals surface area contributed by atoms with E-state index in [9.17, 15) is 9.59 Å². The Morgan fingerprint density at radius 1 is 1.00 bits per heavy atom. The van der Waals surface area contributed by atoms with Gasteiger partial charge in [-0.15, -0.1) is 0 Å². The fraction of sp³-hybridized carbons (Fsp3) is 0.154. The topological polar surface area (TPSA) is 62.4 Å². The monoisotopic (exact) mass is 446 g/mol. The molecular formula is C26H23ClN2O3. The summed E-state index contributed by atoms with van der Waals surface area (Å²) in [7, 11) is 1.61. The van der Waals surface area contributed by atoms with Crippen molar-refractivity contribution in [2.45, 2.75) is 19.9 Å². The standard InChI is InChI=1S/C26H23ClN2O3/c1-17-22(23-14-21(32-2)12-13-24(23)28-17)15-25(30)29(16-18-6-4-3-5-7-18)26(31)19-8-10-20(27)11-9-19/h3-14,28H,15-16H2,1-2H3. The highest BCUT2D eigenvalue weighted by atomic mass is 35.5. The summed E-state index contributed by atoms with van der Waals surface area (Å²) in [6, 6.07) is 21.8. The number of H-pyrrole nitrogens is 1. The Bertz CT molecular complexity index is 1260. The molecule has 32 heavy (non-hydrogen) atoms. The van der Waals surface area contributed by atoms with E-state index in [1.807, 2.05) is 55.5 Å². The number of rotatable bonds is 6. The molecule has 1 aromatic heterocycles. The predicted molar refractivity (Wildman–Crippen MR) is 126 cm³/mol. The minimum atomic E-state index is -0.356. The number of nitrogens with zero attached hydrogens (tertiary/aromatic N) is 1. The van der Waals surface area contributed by atoms with Gasteiger partial charge in [-0.1, -0.05) is 41.9 Å². The zero-order valence-corrected chi connectivity index (χ0v) is 18.6. The van der Waals surface area contributed by atoms with Gasteiger partial charge in [-0.25, -0.2) is 0 Å². The molecular weight excluding hydrogens is 424 g/mol. The molecule has 1 N–H and O–H groups in total. The Hall–Kier alpha value is -3.57. The van der Waals surface area contributed by atoms with Crippen LogP contribution < -0.4 is 4.74 Å². The number of halogens is 1. The SMILES string of the molecule is COc1ccc2[nH]c(C)c(CC(=O)N(Cc3ccccc3)C(=O)c3ccc(Cl)cc3)c2c1. The molecule has 0 saturated carbocycles. The van der Waals surface area contributed by atoms with Crippen molar-refractivity contribution in [3.63, 3.8) is 0 Å². The molecule has 0 aliphatic rings. The fourth-order valence-electron chi connectivity index (χ4n) is 3.75. The molecule has 0 bridgehead atoms. The third-order valence-corrected chi connectivity index (χ3v) is 5.73. The summed E-state index contributed by atoms with van der Waals surface area (Å²) < 4.78 is 5.35. The van der Waals surface area contributed by atoms with E-state index in [0.29, 0.717) is 16.3 Å². The van der Waals surface area contributed by atoms with E-state index < -0.39 is 0 Å². The number of nitrogens with one attached hydrogen (secondary N) is 1. The molecule has 0 radical (unpaired) electrons. The number of aromatic nitrogens is 1. The highest BCUT2D eigenvalue weighted by molar-refractivity contribution is 6.30. The smallest absolute Gasteiger partial charge is 0.260 e. The lowest BCUT2D eigenvalue weighted by molar-refractivity contribution is -0.128. The third kappa shape index (κ3) is 4.53. The van der Waals surface area contributed by atoms with E-state index in [1.165, 1.54) is 4.90 Å². The van der Waals surface area contributed by atoms with Crippen LogP contribution in [0.2, 0.25) is 5.02 Å². The van der Waals surface area contributed by atoms with Crippen LogP contribution in [0.3, 0.4) is 0 Å². The van der Waals surface area contributed by atoms with Crippen molar-refractivity contribution in [1.82, 2.24) is 9.88 Å². The minimum absolute atomic E-state index is 0.0885. The summed E-state index contributed by atoms with van der Waals surface area (Å²) in [6.07, 6.45) is 0.0885. The van der Waals surface area contributed by atoms with Crippen LogP contribution in [0.4, 0.5) is 0 Å². The molecule has 0 aliphatic heterocycles. The summed E-state index contributed by atoms with van der Waals surface area (Å²) >= 11 is 5.98. The summed E-state index contributed by atoms with van der Waals surface area (Å²) in [5, 5.41) is 1.44. The second kappa shape index (κ2) is 9.28. The van der Waals surface area contributed by atoms with Crippen LogP contribution in [0, 0.1) is 6.92 Å². The summed E-state index contributed by atoms with van der Waals surface area (Å²) in [5.41, 5.74) is 3.95. The quantitative estimate of drug-likeness (QED) is 0.422. The lowest BCUT2D eigenvalue weighted by atomic mass is 10.1. The number of benzene rings is 3. The van der Waals surface area contributed by atoms with Gasteiger partial charge in [-0.2, -0.15) is 0 Å². The average molecular weight is 447 g/mol. The van der Waals surface area contributed by atoms with Crippen LogP contribution in [0.15, 0.2) is 72.8 Å². The van der Waals surface area contributed by atoms with Crippen LogP contribution in [0.1, 0.15) is 27.2 Å². The number of carbonyl (C=O) groups is 2. The maximum atomic E-state index is 13.5. The molecule has 2 amide bonds. The first-order valence-electron chi connectivity index (χ1n) is 10.3. The molecule has 4 rings (SSSR count). The molecule has 5 nitrogen and oxygen atoms in total. The number of aromatic amines is 1. The zero-order chi connectivity index (χ0) is 22.7. The number of imide groups is 1. The lowest BCUT2D eigenvalue weighted by Crippen LogP contribution is -2.37. The second-order valence-corrected chi connectivity index (χ2v) is 8.03. The largest absolute Gasteiger partial charge is 0.497 e. The Labute approximate surface area is 191 Å². The highest BCUT2D eigenvalue weighted by Gasteiger charge is 2.25. The molecule has 0 fully saturated rings. The molecule has 3 aromatic carbocycles. The van der Waals surface area contributed by atoms with Crippen molar-refractivity contribution < 1.29 is 14.3 Å². The summed E-state index contributed by atoms with van der Waals surface area (Å²) in [5.74, 6) is 0.0785. The van der Waals surface area contributed by atoms with Gasteiger partial charge in [0.25, 0.3) is 5.91 Å². The number of methoxy groups -OCH3 is 1. The normalized spacial score (nSPS) is 10.8. The number of fused-ring (bicyclic) bond motifs is 1. The van der Waals surface area contributed by atoms with E-state index in [0.717, 1.165) is 27.7 Å². The fourth-order valence-corrected chi connectivity index (χ4v) is 3.88. The Morgan fingerprint density at radius 3 is 2.41 bits per heavy atom. The molecule has 162 valence electrons. The van der Waals surface area contributed by atoms with E-state index in [2.05, 4.69) is 4.98 Å². The van der Waals surface area contributed by atoms with Crippen LogP contribution in [0.5, 0.6) is 5.75 Å². The van der Waals surface area contributed by atoms with E-state index in [4.69, 9.17) is 16.3 Å². The van der Waals surface area contributed by atoms with Crippen molar-refractivity contribution in [2.75, 3.05) is 7.11 Å². The Morgan fingerprint density at radius 2 is 1.72 bits per heavy atom. The van der Waals surface area contributed by atoms with Crippen LogP contribution >= 0.6 is 11.6 Å². The van der Waals surface area contributed by atoms with Crippen molar-refractivity contribution in [1.29, 1.82) is 0 Å². The van der Waals surface area contributed by atoms with Gasteiger partial charge in [0.1, 0.15) is 5.75 Å². The first kappa shape index (κ1) is 21.7. The minimum Gasteiger partial charge on any atom is -0.497 e. The second-order valence-electron chi connectivity index (χ2n) is 7.59. The van der Waals surface area contributed by atoms with Crippen molar-refractivity contribution in [3.05, 3.63) is 100 Å². The van der Waals surface area contributed by atoms with Crippen LogP contribution in [-0.2, 0) is 17.8 Å². The maximum Gasteiger partial charge on any atom is 0.260 e. The summed E-state index contributed by atoms with van der Waals surface area (Å²) in [6.45, 7) is 2.11. The van der Waals surface area contributed by atoms with E-state index in [-0.39, 0.29) is 24.8 Å². The van der Waals surface area contributed by atoms with Crippen LogP contribution in [-0.4, -0.2) is 28.8 Å². The van der Waals surface area contributed by atoms with Gasteiger partial charge < -0.3 is 9.72 Å². The first-order valence-corrected chi connectivity index (χ1v) is 10.6. The van der Waals surface area contributed by atoms with Gasteiger partial charge in [0.2, 0.25) is 5.91 Å². The van der Waals surface area contributed by atoms with Gasteiger partial charge in [0, 0.05) is 27.2 Å². The first-order chi connectivity index (χ1) is 15.5. The Kier molecular flexibility index (Phi) is 6.28. The van der Waals surface area contributed by atoms with E-state index >= 15 is 0 Å². The average Bonchev–Trinajstić information content (AvgIpc) is 3.12. The van der Waals surface area contributed by atoms with Gasteiger partial charge in [-0.3, -0.25) is 14.5 Å². The lowest BCUT2D eigenvalue weighted by Gasteiger charge is -2.21. The Balaban J connectivity index is 1.68. The van der Waals surface area contributed by atoms with Gasteiger partial charge in [0.05, 0.1) is 20.1 Å². The molecule has 0 atom stereocenters. The third-order valence-electron chi connectivity index (χ3n) is 5.48. The number of ether oxygens (including phenoxy) is 1. The predicted octanol–water partition coefficient (Wildman–Crippen LogP) is 5.55. The van der Waals surface area contributed by atoms with E-state index in [1.54, 1.807) is 31.4 Å². The van der Waals surface area contributed by atoms with Gasteiger partial charge in [-0.05, 0) is 60.5 Å². The highest BCUT2D eigenvalue weighted by Crippen LogP contribution is 2.27. The van der Waals surface area contributed by atoms with Crippen molar-refractivity contribution >= 4 is 34.3 Å². The molecule has 4 aromatic rings. The molecule has 1 heterocycles. The number of hydrogen-bond acceptors (Lipinski definition) is 3. The number of amides is 2. The zero-order valence-electron chi connectivity index (χ0n) is 17.9. The number of hydrogen-bond donors (Lipinski definition) is 1. The summed E-state index contributed by atoms with van der Waals surface area (Å²) in [4.78, 5) is 31.4. The number of carbonyl (C=O) groups excluding carboxylic acids is 2. The molecule has 0 unspecified atom stereocenters. The molecule has 0 saturated heterocycles. The van der Waals surface area contributed by atoms with Gasteiger partial charge in [0.15, 0.2) is 0 Å². The molecule has 0 aliphatic carbocycles. The number of aryl methyl sites for hydroxylation is 1. The van der Waals surface area contributed by atoms with Gasteiger partial charge >= 0.3 is 0 Å². The van der Waals surface area contributed by atoms with Crippen molar-refractivity contribution in [2.24, 2.45) is 0 Å².